The normalized spacial score (nSPS) is 11.0. The van der Waals surface area contributed by atoms with E-state index in [1.165, 1.54) is 5.56 Å². The van der Waals surface area contributed by atoms with Gasteiger partial charge in [0.15, 0.2) is 5.96 Å². The lowest BCUT2D eigenvalue weighted by Gasteiger charge is -2.15. The summed E-state index contributed by atoms with van der Waals surface area (Å²) < 4.78 is 0. The number of halogens is 1. The molecular formula is C14H25IN4OS. The van der Waals surface area contributed by atoms with Gasteiger partial charge >= 0.3 is 0 Å². The first-order valence-electron chi connectivity index (χ1n) is 6.72. The predicted molar refractivity (Wildman–Crippen MR) is 100 cm³/mol. The molecule has 0 aliphatic rings. The minimum atomic E-state index is 0. The van der Waals surface area contributed by atoms with Crippen LogP contribution in [-0.4, -0.2) is 44.0 Å². The summed E-state index contributed by atoms with van der Waals surface area (Å²) in [5.41, 5.74) is 1.18. The standard InChI is InChI=1S/C14H24N4OS.HI/c1-11(2)7-15-14(17-9-13(19)18(3)4)16-8-12-5-6-20-10-12;/h5-6,10-11H,7-9H2,1-4H3,(H2,15,16,17);1H. The maximum Gasteiger partial charge on any atom is 0.241 e. The van der Waals surface area contributed by atoms with Crippen LogP contribution in [0.15, 0.2) is 21.8 Å². The molecule has 0 bridgehead atoms. The molecule has 0 aliphatic carbocycles. The van der Waals surface area contributed by atoms with Crippen molar-refractivity contribution in [3.63, 3.8) is 0 Å². The molecule has 0 atom stereocenters. The lowest BCUT2D eigenvalue weighted by Crippen LogP contribution is -2.43. The van der Waals surface area contributed by atoms with E-state index in [9.17, 15) is 4.79 Å². The van der Waals surface area contributed by atoms with Crippen LogP contribution in [0.25, 0.3) is 0 Å². The third-order valence-corrected chi connectivity index (χ3v) is 3.32. The van der Waals surface area contributed by atoms with Crippen molar-refractivity contribution in [2.24, 2.45) is 10.9 Å². The summed E-state index contributed by atoms with van der Waals surface area (Å²) in [7, 11) is 3.49. The van der Waals surface area contributed by atoms with Crippen LogP contribution in [0, 0.1) is 5.92 Å². The Balaban J connectivity index is 0.00000400. The SMILES string of the molecule is CC(C)CNC(=NCc1ccsc1)NCC(=O)N(C)C.I. The zero-order valence-corrected chi connectivity index (χ0v) is 16.2. The van der Waals surface area contributed by atoms with E-state index in [4.69, 9.17) is 0 Å². The van der Waals surface area contributed by atoms with Crippen LogP contribution in [0.2, 0.25) is 0 Å². The van der Waals surface area contributed by atoms with E-state index in [2.05, 4.69) is 40.9 Å². The van der Waals surface area contributed by atoms with Gasteiger partial charge in [0.2, 0.25) is 5.91 Å². The van der Waals surface area contributed by atoms with E-state index in [1.54, 1.807) is 30.3 Å². The average Bonchev–Trinajstić information content (AvgIpc) is 2.90. The Hall–Kier alpha value is -0.830. The number of aliphatic imine (C=N–C) groups is 1. The molecule has 0 saturated heterocycles. The zero-order chi connectivity index (χ0) is 15.0. The highest BCUT2D eigenvalue weighted by Crippen LogP contribution is 2.06. The van der Waals surface area contributed by atoms with Crippen molar-refractivity contribution >= 4 is 47.2 Å². The highest BCUT2D eigenvalue weighted by molar-refractivity contribution is 14.0. The summed E-state index contributed by atoms with van der Waals surface area (Å²) in [5.74, 6) is 1.23. The van der Waals surface area contributed by atoms with Gasteiger partial charge in [0.25, 0.3) is 0 Å². The minimum Gasteiger partial charge on any atom is -0.356 e. The van der Waals surface area contributed by atoms with Gasteiger partial charge in [-0.25, -0.2) is 4.99 Å². The number of rotatable bonds is 6. The largest absolute Gasteiger partial charge is 0.356 e. The van der Waals surface area contributed by atoms with Crippen molar-refractivity contribution < 1.29 is 4.79 Å². The van der Waals surface area contributed by atoms with E-state index in [1.807, 2.05) is 5.38 Å². The van der Waals surface area contributed by atoms with E-state index >= 15 is 0 Å². The topological polar surface area (TPSA) is 56.7 Å². The molecule has 1 aromatic rings. The maximum atomic E-state index is 11.6. The zero-order valence-electron chi connectivity index (χ0n) is 13.0. The number of nitrogens with one attached hydrogen (secondary N) is 2. The Kier molecular flexibility index (Phi) is 10.4. The molecule has 0 fully saturated rings. The third kappa shape index (κ3) is 8.92. The molecule has 0 aliphatic heterocycles. The maximum absolute atomic E-state index is 11.6. The van der Waals surface area contributed by atoms with E-state index < -0.39 is 0 Å². The molecule has 1 aromatic heterocycles. The second-order valence-electron chi connectivity index (χ2n) is 5.21. The van der Waals surface area contributed by atoms with Gasteiger partial charge < -0.3 is 15.5 Å². The molecule has 5 nitrogen and oxygen atoms in total. The van der Waals surface area contributed by atoms with Crippen LogP contribution >= 0.6 is 35.3 Å². The molecule has 0 spiro atoms. The van der Waals surface area contributed by atoms with Crippen LogP contribution < -0.4 is 10.6 Å². The molecular weight excluding hydrogens is 399 g/mol. The number of hydrogen-bond acceptors (Lipinski definition) is 3. The highest BCUT2D eigenvalue weighted by Gasteiger charge is 2.06. The van der Waals surface area contributed by atoms with Crippen LogP contribution in [-0.2, 0) is 11.3 Å². The second kappa shape index (κ2) is 10.8. The van der Waals surface area contributed by atoms with E-state index in [0.717, 1.165) is 6.54 Å². The molecule has 0 radical (unpaired) electrons. The van der Waals surface area contributed by atoms with Crippen molar-refractivity contribution in [2.45, 2.75) is 20.4 Å². The van der Waals surface area contributed by atoms with Crippen molar-refractivity contribution in [3.8, 4) is 0 Å². The summed E-state index contributed by atoms with van der Waals surface area (Å²) in [6, 6.07) is 2.05. The van der Waals surface area contributed by atoms with Crippen LogP contribution in [0.3, 0.4) is 0 Å². The Morgan fingerprint density at radius 3 is 2.62 bits per heavy atom. The minimum absolute atomic E-state index is 0. The summed E-state index contributed by atoms with van der Waals surface area (Å²) in [6.07, 6.45) is 0. The summed E-state index contributed by atoms with van der Waals surface area (Å²) >= 11 is 1.66. The molecule has 1 amide bonds. The molecule has 0 unspecified atom stereocenters. The summed E-state index contributed by atoms with van der Waals surface area (Å²) in [6.45, 7) is 5.96. The molecule has 2 N–H and O–H groups in total. The number of carbonyl (C=O) groups excluding carboxylic acids is 1. The third-order valence-electron chi connectivity index (χ3n) is 2.58. The van der Waals surface area contributed by atoms with Crippen molar-refractivity contribution in [1.82, 2.24) is 15.5 Å². The van der Waals surface area contributed by atoms with Gasteiger partial charge in [-0.05, 0) is 28.3 Å². The first kappa shape index (κ1) is 20.2. The van der Waals surface area contributed by atoms with Crippen molar-refractivity contribution in [3.05, 3.63) is 22.4 Å². The van der Waals surface area contributed by atoms with Gasteiger partial charge in [-0.1, -0.05) is 13.8 Å². The number of hydrogen-bond donors (Lipinski definition) is 2. The van der Waals surface area contributed by atoms with Crippen molar-refractivity contribution in [1.29, 1.82) is 0 Å². The van der Waals surface area contributed by atoms with Gasteiger partial charge in [0.1, 0.15) is 0 Å². The van der Waals surface area contributed by atoms with E-state index in [-0.39, 0.29) is 36.4 Å². The quantitative estimate of drug-likeness (QED) is 0.418. The Bertz CT molecular complexity index is 432. The molecule has 120 valence electrons. The highest BCUT2D eigenvalue weighted by atomic mass is 127. The number of guanidine groups is 1. The number of thiophene rings is 1. The predicted octanol–water partition coefficient (Wildman–Crippen LogP) is 2.15. The molecule has 1 rings (SSSR count). The fraction of sp³-hybridized carbons (Fsp3) is 0.571. The van der Waals surface area contributed by atoms with E-state index in [0.29, 0.717) is 18.4 Å². The fourth-order valence-electron chi connectivity index (χ4n) is 1.35. The second-order valence-corrected chi connectivity index (χ2v) is 5.99. The van der Waals surface area contributed by atoms with Gasteiger partial charge in [-0.3, -0.25) is 4.79 Å². The summed E-state index contributed by atoms with van der Waals surface area (Å²) in [4.78, 5) is 17.7. The van der Waals surface area contributed by atoms with Gasteiger partial charge in [0, 0.05) is 20.6 Å². The van der Waals surface area contributed by atoms with Crippen LogP contribution in [0.5, 0.6) is 0 Å². The number of likely N-dealkylation sites (N-methyl/N-ethyl adjacent to an activating group) is 1. The fourth-order valence-corrected chi connectivity index (χ4v) is 2.01. The van der Waals surface area contributed by atoms with Crippen LogP contribution in [0.1, 0.15) is 19.4 Å². The Labute approximate surface area is 148 Å². The summed E-state index contributed by atoms with van der Waals surface area (Å²) in [5, 5.41) is 10.4. The lowest BCUT2D eigenvalue weighted by atomic mass is 10.2. The average molecular weight is 424 g/mol. The van der Waals surface area contributed by atoms with Crippen LogP contribution in [0.4, 0.5) is 0 Å². The number of amides is 1. The molecule has 21 heavy (non-hydrogen) atoms. The number of carbonyl (C=O) groups is 1. The van der Waals surface area contributed by atoms with Gasteiger partial charge in [0.05, 0.1) is 13.1 Å². The molecule has 1 heterocycles. The smallest absolute Gasteiger partial charge is 0.241 e. The number of nitrogens with zero attached hydrogens (tertiary/aromatic N) is 2. The van der Waals surface area contributed by atoms with Gasteiger partial charge in [-0.15, -0.1) is 24.0 Å². The molecule has 0 saturated carbocycles. The van der Waals surface area contributed by atoms with Gasteiger partial charge in [-0.2, -0.15) is 11.3 Å². The Morgan fingerprint density at radius 2 is 2.10 bits per heavy atom. The molecule has 0 aromatic carbocycles. The monoisotopic (exact) mass is 424 g/mol. The Morgan fingerprint density at radius 1 is 1.38 bits per heavy atom. The first-order chi connectivity index (χ1) is 9.49. The molecule has 7 heteroatoms. The van der Waals surface area contributed by atoms with Crippen molar-refractivity contribution in [2.75, 3.05) is 27.2 Å². The lowest BCUT2D eigenvalue weighted by molar-refractivity contribution is -0.127. The first-order valence-corrected chi connectivity index (χ1v) is 7.66.